The van der Waals surface area contributed by atoms with Gasteiger partial charge >= 0.3 is 0 Å². The zero-order valence-electron chi connectivity index (χ0n) is 17.8. The van der Waals surface area contributed by atoms with Gasteiger partial charge in [-0.25, -0.2) is 0 Å². The highest BCUT2D eigenvalue weighted by Gasteiger charge is 2.64. The van der Waals surface area contributed by atoms with Gasteiger partial charge in [-0.15, -0.1) is 0 Å². The number of dihydropyridines is 1. The van der Waals surface area contributed by atoms with Gasteiger partial charge in [0.1, 0.15) is 5.41 Å². The molecule has 1 amide bonds. The molecule has 0 radical (unpaired) electrons. The van der Waals surface area contributed by atoms with Crippen LogP contribution in [0, 0.1) is 0 Å². The number of ketones is 2. The van der Waals surface area contributed by atoms with Crippen LogP contribution in [0.4, 0.5) is 5.69 Å². The fraction of sp³-hybridized carbons (Fsp3) is 0.107. The Kier molecular flexibility index (Phi) is 3.31. The number of para-hydroxylation sites is 1. The number of carbonyl (C=O) groups is 3. The van der Waals surface area contributed by atoms with E-state index >= 15 is 0 Å². The molecular weight excluding hydrogens is 412 g/mol. The third kappa shape index (κ3) is 1.89. The summed E-state index contributed by atoms with van der Waals surface area (Å²) < 4.78 is 0. The third-order valence-corrected chi connectivity index (χ3v) is 7.32. The summed E-state index contributed by atoms with van der Waals surface area (Å²) in [6, 6.07) is 22.3. The van der Waals surface area contributed by atoms with Crippen molar-refractivity contribution in [2.75, 3.05) is 11.4 Å². The van der Waals surface area contributed by atoms with Crippen molar-refractivity contribution >= 4 is 34.6 Å². The van der Waals surface area contributed by atoms with Crippen LogP contribution in [0.15, 0.2) is 83.9 Å². The minimum absolute atomic E-state index is 0.204. The molecule has 5 heteroatoms. The molecule has 0 saturated heterocycles. The standard InChI is InChI=1S/C28H18N2O3/c1-2-30-20-14-8-7-13-19(20)28(27(30)33)21-23(15-9-3-5-11-17(15)25(21)31)29-24-16-10-4-6-12-18(16)26(32)22(24)28/h3-14,29H,2H2,1H3. The van der Waals surface area contributed by atoms with Crippen molar-refractivity contribution in [3.63, 3.8) is 0 Å². The SMILES string of the molecule is CCN1C(=O)C2(C3=C(NC4=C2C(=O)c2ccccc24)c2ccccc2C3=O)c2ccccc21. The highest BCUT2D eigenvalue weighted by Crippen LogP contribution is 2.60. The molecule has 1 N–H and O–H groups in total. The number of hydrogen-bond donors (Lipinski definition) is 1. The fourth-order valence-electron chi connectivity index (χ4n) is 6.04. The molecule has 2 aliphatic heterocycles. The van der Waals surface area contributed by atoms with E-state index < -0.39 is 5.41 Å². The van der Waals surface area contributed by atoms with Crippen LogP contribution in [0.1, 0.15) is 44.3 Å². The Morgan fingerprint density at radius 2 is 1.18 bits per heavy atom. The molecule has 1 spiro atoms. The second-order valence-electron chi connectivity index (χ2n) is 8.69. The molecule has 0 unspecified atom stereocenters. The van der Waals surface area contributed by atoms with Crippen molar-refractivity contribution in [2.45, 2.75) is 12.3 Å². The van der Waals surface area contributed by atoms with Gasteiger partial charge in [0.15, 0.2) is 11.6 Å². The predicted molar refractivity (Wildman–Crippen MR) is 125 cm³/mol. The summed E-state index contributed by atoms with van der Waals surface area (Å²) in [5.74, 6) is -0.649. The Morgan fingerprint density at radius 3 is 1.73 bits per heavy atom. The lowest BCUT2D eigenvalue weighted by Gasteiger charge is -2.35. The Balaban J connectivity index is 1.65. The molecular formula is C28H18N2O3. The summed E-state index contributed by atoms with van der Waals surface area (Å²) in [5, 5.41) is 3.43. The van der Waals surface area contributed by atoms with Crippen molar-refractivity contribution in [1.29, 1.82) is 0 Å². The highest BCUT2D eigenvalue weighted by molar-refractivity contribution is 6.37. The van der Waals surface area contributed by atoms with Crippen LogP contribution in [0.2, 0.25) is 0 Å². The average Bonchev–Trinajstić information content (AvgIpc) is 3.40. The molecule has 33 heavy (non-hydrogen) atoms. The first kappa shape index (κ1) is 18.3. The lowest BCUT2D eigenvalue weighted by molar-refractivity contribution is -0.120. The molecule has 0 saturated carbocycles. The number of benzene rings is 3. The molecule has 2 aliphatic carbocycles. The largest absolute Gasteiger partial charge is 0.354 e. The minimum Gasteiger partial charge on any atom is -0.354 e. The Bertz CT molecular complexity index is 1460. The van der Waals surface area contributed by atoms with Crippen LogP contribution in [-0.4, -0.2) is 24.0 Å². The van der Waals surface area contributed by atoms with E-state index in [2.05, 4.69) is 5.32 Å². The zero-order valence-corrected chi connectivity index (χ0v) is 17.8. The number of rotatable bonds is 1. The molecule has 3 aromatic carbocycles. The second-order valence-corrected chi connectivity index (χ2v) is 8.69. The van der Waals surface area contributed by atoms with E-state index in [4.69, 9.17) is 0 Å². The van der Waals surface area contributed by atoms with Crippen LogP contribution in [0.5, 0.6) is 0 Å². The molecule has 158 valence electrons. The monoisotopic (exact) mass is 430 g/mol. The van der Waals surface area contributed by atoms with E-state index in [9.17, 15) is 14.4 Å². The molecule has 0 atom stereocenters. The molecule has 2 heterocycles. The number of carbonyl (C=O) groups excluding carboxylic acids is 3. The molecule has 0 fully saturated rings. The summed E-state index contributed by atoms with van der Waals surface area (Å²) in [5.41, 5.74) is 4.57. The van der Waals surface area contributed by atoms with Gasteiger partial charge in [-0.2, -0.15) is 0 Å². The van der Waals surface area contributed by atoms with Gasteiger partial charge < -0.3 is 10.2 Å². The van der Waals surface area contributed by atoms with Gasteiger partial charge in [0.2, 0.25) is 5.91 Å². The topological polar surface area (TPSA) is 66.5 Å². The lowest BCUT2D eigenvalue weighted by Crippen LogP contribution is -2.48. The molecule has 7 rings (SSSR count). The minimum atomic E-state index is -1.48. The van der Waals surface area contributed by atoms with Gasteiger partial charge in [-0.05, 0) is 13.0 Å². The lowest BCUT2D eigenvalue weighted by atomic mass is 9.65. The molecule has 0 bridgehead atoms. The fourth-order valence-corrected chi connectivity index (χ4v) is 6.04. The summed E-state index contributed by atoms with van der Waals surface area (Å²) >= 11 is 0. The van der Waals surface area contributed by atoms with Crippen molar-refractivity contribution in [3.05, 3.63) is 112 Å². The van der Waals surface area contributed by atoms with Gasteiger partial charge in [-0.1, -0.05) is 66.7 Å². The van der Waals surface area contributed by atoms with Gasteiger partial charge in [0.25, 0.3) is 0 Å². The van der Waals surface area contributed by atoms with E-state index in [0.29, 0.717) is 45.8 Å². The molecule has 3 aromatic rings. The summed E-state index contributed by atoms with van der Waals surface area (Å²) in [6.07, 6.45) is 0. The zero-order chi connectivity index (χ0) is 22.5. The van der Waals surface area contributed by atoms with Crippen LogP contribution < -0.4 is 10.2 Å². The number of hydrogen-bond acceptors (Lipinski definition) is 4. The van der Waals surface area contributed by atoms with E-state index in [-0.39, 0.29) is 17.5 Å². The number of fused-ring (bicyclic) bond motifs is 8. The first-order valence-electron chi connectivity index (χ1n) is 11.1. The summed E-state index contributed by atoms with van der Waals surface area (Å²) in [7, 11) is 0. The number of amides is 1. The van der Waals surface area contributed by atoms with Crippen LogP contribution in [0.3, 0.4) is 0 Å². The van der Waals surface area contributed by atoms with Crippen LogP contribution in [0.25, 0.3) is 11.4 Å². The number of nitrogens with one attached hydrogen (secondary N) is 1. The maximum absolute atomic E-state index is 14.4. The van der Waals surface area contributed by atoms with Gasteiger partial charge in [0, 0.05) is 51.2 Å². The van der Waals surface area contributed by atoms with Crippen LogP contribution in [-0.2, 0) is 10.2 Å². The van der Waals surface area contributed by atoms with E-state index in [0.717, 1.165) is 16.8 Å². The van der Waals surface area contributed by atoms with E-state index in [1.54, 1.807) is 17.0 Å². The number of anilines is 1. The van der Waals surface area contributed by atoms with Crippen LogP contribution >= 0.6 is 0 Å². The molecule has 5 nitrogen and oxygen atoms in total. The third-order valence-electron chi connectivity index (χ3n) is 7.32. The smallest absolute Gasteiger partial charge is 0.247 e. The second kappa shape index (κ2) is 5.95. The maximum Gasteiger partial charge on any atom is 0.247 e. The quantitative estimate of drug-likeness (QED) is 0.631. The van der Waals surface area contributed by atoms with E-state index in [1.165, 1.54) is 0 Å². The Hall–Kier alpha value is -4.25. The average molecular weight is 430 g/mol. The first-order valence-corrected chi connectivity index (χ1v) is 11.1. The summed E-state index contributed by atoms with van der Waals surface area (Å²) in [4.78, 5) is 43.9. The molecule has 0 aromatic heterocycles. The van der Waals surface area contributed by atoms with Crippen molar-refractivity contribution in [3.8, 4) is 0 Å². The van der Waals surface area contributed by atoms with Crippen molar-refractivity contribution in [1.82, 2.24) is 5.32 Å². The number of likely N-dealkylation sites (N-methyl/N-ethyl adjacent to an activating group) is 1. The predicted octanol–water partition coefficient (Wildman–Crippen LogP) is 4.11. The maximum atomic E-state index is 14.4. The number of nitrogens with zero attached hydrogens (tertiary/aromatic N) is 1. The Morgan fingerprint density at radius 1 is 0.697 bits per heavy atom. The summed E-state index contributed by atoms with van der Waals surface area (Å²) in [6.45, 7) is 2.36. The first-order chi connectivity index (χ1) is 16.1. The Labute approximate surface area is 190 Å². The molecule has 4 aliphatic rings. The highest BCUT2D eigenvalue weighted by atomic mass is 16.2. The van der Waals surface area contributed by atoms with Crippen molar-refractivity contribution < 1.29 is 14.4 Å². The number of Topliss-reactive ketones (excluding diaryl/α,β-unsaturated/α-hetero) is 2. The van der Waals surface area contributed by atoms with Gasteiger partial charge in [0.05, 0.1) is 11.4 Å². The normalized spacial score (nSPS) is 18.9. The van der Waals surface area contributed by atoms with Gasteiger partial charge in [-0.3, -0.25) is 14.4 Å². The van der Waals surface area contributed by atoms with Crippen molar-refractivity contribution in [2.24, 2.45) is 0 Å². The van der Waals surface area contributed by atoms with E-state index in [1.807, 2.05) is 67.6 Å².